The maximum absolute atomic E-state index is 12.3. The predicted molar refractivity (Wildman–Crippen MR) is 104 cm³/mol. The van der Waals surface area contributed by atoms with E-state index in [2.05, 4.69) is 5.32 Å². The highest BCUT2D eigenvalue weighted by Crippen LogP contribution is 2.24. The lowest BCUT2D eigenvalue weighted by atomic mass is 10.1. The molecule has 0 aliphatic heterocycles. The van der Waals surface area contributed by atoms with Crippen molar-refractivity contribution in [2.75, 3.05) is 16.8 Å². The van der Waals surface area contributed by atoms with Crippen molar-refractivity contribution in [2.24, 2.45) is 0 Å². The third kappa shape index (κ3) is 5.21. The van der Waals surface area contributed by atoms with Crippen molar-refractivity contribution in [3.8, 4) is 0 Å². The summed E-state index contributed by atoms with van der Waals surface area (Å²) in [6.07, 6.45) is 0.174. The number of aryl methyl sites for hydroxylation is 2. The number of carbonyl (C=O) groups excluding carboxylic acids is 2. The van der Waals surface area contributed by atoms with Gasteiger partial charge in [0.2, 0.25) is 11.8 Å². The number of amides is 2. The first kappa shape index (κ1) is 19.3. The van der Waals surface area contributed by atoms with E-state index in [9.17, 15) is 9.59 Å². The molecule has 0 aliphatic carbocycles. The molecular formula is C19H20Cl2N2O2. The number of nitrogens with zero attached hydrogens (tertiary/aromatic N) is 1. The van der Waals surface area contributed by atoms with Crippen LogP contribution in [0.4, 0.5) is 11.4 Å². The van der Waals surface area contributed by atoms with Crippen LogP contribution in [0.25, 0.3) is 0 Å². The second kappa shape index (κ2) is 8.37. The van der Waals surface area contributed by atoms with E-state index in [4.69, 9.17) is 23.2 Å². The van der Waals surface area contributed by atoms with Crippen molar-refractivity contribution >= 4 is 46.4 Å². The first-order valence-corrected chi connectivity index (χ1v) is 8.64. The number of anilines is 2. The first-order valence-electron chi connectivity index (χ1n) is 7.88. The van der Waals surface area contributed by atoms with E-state index in [0.717, 1.165) is 16.8 Å². The number of nitrogens with one attached hydrogen (secondary N) is 1. The zero-order valence-electron chi connectivity index (χ0n) is 14.4. The fourth-order valence-corrected chi connectivity index (χ4v) is 2.92. The number of hydrogen-bond donors (Lipinski definition) is 1. The van der Waals surface area contributed by atoms with Crippen LogP contribution in [0.1, 0.15) is 24.5 Å². The molecule has 0 fully saturated rings. The first-order chi connectivity index (χ1) is 11.8. The van der Waals surface area contributed by atoms with Crippen molar-refractivity contribution in [1.82, 2.24) is 0 Å². The summed E-state index contributed by atoms with van der Waals surface area (Å²) in [6, 6.07) is 10.6. The van der Waals surface area contributed by atoms with Crippen molar-refractivity contribution in [2.45, 2.75) is 27.2 Å². The highest BCUT2D eigenvalue weighted by molar-refractivity contribution is 6.31. The molecule has 25 heavy (non-hydrogen) atoms. The predicted octanol–water partition coefficient (Wildman–Crippen LogP) is 4.99. The monoisotopic (exact) mass is 378 g/mol. The van der Waals surface area contributed by atoms with Gasteiger partial charge in [-0.1, -0.05) is 29.3 Å². The molecule has 0 aromatic heterocycles. The summed E-state index contributed by atoms with van der Waals surface area (Å²) < 4.78 is 0. The van der Waals surface area contributed by atoms with Gasteiger partial charge in [0.25, 0.3) is 0 Å². The minimum Gasteiger partial charge on any atom is -0.326 e. The van der Waals surface area contributed by atoms with Crippen LogP contribution in [0.3, 0.4) is 0 Å². The molecule has 6 heteroatoms. The second-order valence-electron chi connectivity index (χ2n) is 5.86. The van der Waals surface area contributed by atoms with Crippen LogP contribution in [-0.4, -0.2) is 18.4 Å². The van der Waals surface area contributed by atoms with Gasteiger partial charge in [-0.15, -0.1) is 0 Å². The summed E-state index contributed by atoms with van der Waals surface area (Å²) in [5.74, 6) is -0.305. The molecule has 2 aromatic rings. The van der Waals surface area contributed by atoms with E-state index < -0.39 is 0 Å². The topological polar surface area (TPSA) is 49.4 Å². The Balaban J connectivity index is 2.07. The van der Waals surface area contributed by atoms with Crippen LogP contribution in [0.2, 0.25) is 10.0 Å². The molecule has 2 aromatic carbocycles. The Bertz CT molecular complexity index is 806. The maximum Gasteiger partial charge on any atom is 0.226 e. The lowest BCUT2D eigenvalue weighted by Gasteiger charge is -2.23. The summed E-state index contributed by atoms with van der Waals surface area (Å²) in [6.45, 7) is 5.54. The molecule has 0 heterocycles. The molecule has 0 aliphatic rings. The van der Waals surface area contributed by atoms with E-state index in [-0.39, 0.29) is 24.8 Å². The van der Waals surface area contributed by atoms with Crippen LogP contribution < -0.4 is 10.2 Å². The Labute approximate surface area is 157 Å². The molecular weight excluding hydrogens is 359 g/mol. The molecule has 0 saturated carbocycles. The molecule has 0 unspecified atom stereocenters. The smallest absolute Gasteiger partial charge is 0.226 e. The van der Waals surface area contributed by atoms with Crippen LogP contribution in [0, 0.1) is 13.8 Å². The maximum atomic E-state index is 12.3. The second-order valence-corrected chi connectivity index (χ2v) is 6.73. The molecule has 0 saturated heterocycles. The zero-order valence-corrected chi connectivity index (χ0v) is 15.9. The Morgan fingerprint density at radius 1 is 1.00 bits per heavy atom. The van der Waals surface area contributed by atoms with E-state index in [1.807, 2.05) is 19.9 Å². The summed E-state index contributed by atoms with van der Waals surface area (Å²) in [4.78, 5) is 25.8. The highest BCUT2D eigenvalue weighted by atomic mass is 35.5. The van der Waals surface area contributed by atoms with E-state index in [1.165, 1.54) is 6.92 Å². The number of rotatable bonds is 5. The zero-order chi connectivity index (χ0) is 18.6. The molecule has 0 atom stereocenters. The van der Waals surface area contributed by atoms with Gasteiger partial charge in [0.1, 0.15) is 0 Å². The standard InChI is InChI=1S/C19H20Cl2N2O2/c1-12-4-5-16(21)11-17(12)22-19(25)8-9-23(14(3)24)18-7-6-15(20)10-13(18)2/h4-7,10-11H,8-9H2,1-3H3,(H,22,25). The van der Waals surface area contributed by atoms with Crippen molar-refractivity contribution in [3.63, 3.8) is 0 Å². The average molecular weight is 379 g/mol. The molecule has 0 spiro atoms. The molecule has 2 amide bonds. The number of halogens is 2. The van der Waals surface area contributed by atoms with Gasteiger partial charge >= 0.3 is 0 Å². The fourth-order valence-electron chi connectivity index (χ4n) is 2.52. The van der Waals surface area contributed by atoms with Crippen molar-refractivity contribution < 1.29 is 9.59 Å². The van der Waals surface area contributed by atoms with Crippen LogP contribution >= 0.6 is 23.2 Å². The van der Waals surface area contributed by atoms with Gasteiger partial charge in [-0.3, -0.25) is 9.59 Å². The van der Waals surface area contributed by atoms with E-state index in [0.29, 0.717) is 15.7 Å². The van der Waals surface area contributed by atoms with Gasteiger partial charge in [-0.2, -0.15) is 0 Å². The van der Waals surface area contributed by atoms with Crippen LogP contribution in [0.15, 0.2) is 36.4 Å². The quantitative estimate of drug-likeness (QED) is 0.796. The largest absolute Gasteiger partial charge is 0.326 e. The Hall–Kier alpha value is -2.04. The molecule has 132 valence electrons. The lowest BCUT2D eigenvalue weighted by molar-refractivity contribution is -0.117. The highest BCUT2D eigenvalue weighted by Gasteiger charge is 2.16. The SMILES string of the molecule is CC(=O)N(CCC(=O)Nc1cc(Cl)ccc1C)c1ccc(Cl)cc1C. The van der Waals surface area contributed by atoms with Crippen LogP contribution in [0.5, 0.6) is 0 Å². The summed E-state index contributed by atoms with van der Waals surface area (Å²) >= 11 is 11.9. The van der Waals surface area contributed by atoms with E-state index >= 15 is 0 Å². The Morgan fingerprint density at radius 2 is 1.64 bits per heavy atom. The van der Waals surface area contributed by atoms with Crippen molar-refractivity contribution in [3.05, 3.63) is 57.6 Å². The average Bonchev–Trinajstić information content (AvgIpc) is 2.52. The molecule has 0 bridgehead atoms. The third-order valence-electron chi connectivity index (χ3n) is 3.87. The van der Waals surface area contributed by atoms with Gasteiger partial charge in [0.05, 0.1) is 0 Å². The van der Waals surface area contributed by atoms with Gasteiger partial charge in [-0.05, 0) is 55.3 Å². The number of carbonyl (C=O) groups is 2. The number of benzene rings is 2. The Kier molecular flexibility index (Phi) is 6.45. The normalized spacial score (nSPS) is 10.4. The van der Waals surface area contributed by atoms with Gasteiger partial charge in [0.15, 0.2) is 0 Å². The molecule has 0 radical (unpaired) electrons. The van der Waals surface area contributed by atoms with E-state index in [1.54, 1.807) is 35.2 Å². The lowest BCUT2D eigenvalue weighted by Crippen LogP contribution is -2.32. The molecule has 2 rings (SSSR count). The summed E-state index contributed by atoms with van der Waals surface area (Å²) in [5, 5.41) is 4.01. The van der Waals surface area contributed by atoms with Crippen LogP contribution in [-0.2, 0) is 9.59 Å². The molecule has 4 nitrogen and oxygen atoms in total. The summed E-state index contributed by atoms with van der Waals surface area (Å²) in [7, 11) is 0. The van der Waals surface area contributed by atoms with Gasteiger partial charge < -0.3 is 10.2 Å². The third-order valence-corrected chi connectivity index (χ3v) is 4.34. The van der Waals surface area contributed by atoms with Gasteiger partial charge in [0, 0.05) is 41.3 Å². The number of hydrogen-bond acceptors (Lipinski definition) is 2. The minimum absolute atomic E-state index is 0.128. The van der Waals surface area contributed by atoms with Crippen molar-refractivity contribution in [1.29, 1.82) is 0 Å². The minimum atomic E-state index is -0.178. The summed E-state index contributed by atoms with van der Waals surface area (Å²) in [5.41, 5.74) is 3.24. The fraction of sp³-hybridized carbons (Fsp3) is 0.263. The molecule has 1 N–H and O–H groups in total. The van der Waals surface area contributed by atoms with Gasteiger partial charge in [-0.25, -0.2) is 0 Å². The Morgan fingerprint density at radius 3 is 2.28 bits per heavy atom.